The van der Waals surface area contributed by atoms with Crippen molar-refractivity contribution in [2.45, 2.75) is 32.6 Å². The highest BCUT2D eigenvalue weighted by molar-refractivity contribution is 9.10. The summed E-state index contributed by atoms with van der Waals surface area (Å²) in [7, 11) is 0. The maximum atomic E-state index is 12.4. The standard InChI is InChI=1S/C17H23BrN2O2/c1-2-4-16(21)19-9-3-10-20(12-11-19)17(22)13-14-5-7-15(18)8-6-14/h5-8H,2-4,9-13H2,1H3. The highest BCUT2D eigenvalue weighted by Gasteiger charge is 2.21. The van der Waals surface area contributed by atoms with Crippen molar-refractivity contribution in [3.63, 3.8) is 0 Å². The fourth-order valence-corrected chi connectivity index (χ4v) is 2.94. The molecule has 1 fully saturated rings. The summed E-state index contributed by atoms with van der Waals surface area (Å²) in [6.07, 6.45) is 2.77. The SMILES string of the molecule is CCCC(=O)N1CCCN(C(=O)Cc2ccc(Br)cc2)CC1. The summed E-state index contributed by atoms with van der Waals surface area (Å²) in [6, 6.07) is 7.85. The summed E-state index contributed by atoms with van der Waals surface area (Å²) in [5.74, 6) is 0.358. The Morgan fingerprint density at radius 3 is 2.18 bits per heavy atom. The van der Waals surface area contributed by atoms with Gasteiger partial charge in [0.05, 0.1) is 6.42 Å². The van der Waals surface area contributed by atoms with Crippen molar-refractivity contribution in [2.24, 2.45) is 0 Å². The van der Waals surface area contributed by atoms with Gasteiger partial charge in [-0.15, -0.1) is 0 Å². The van der Waals surface area contributed by atoms with E-state index in [1.54, 1.807) is 0 Å². The van der Waals surface area contributed by atoms with Crippen molar-refractivity contribution in [2.75, 3.05) is 26.2 Å². The van der Waals surface area contributed by atoms with Crippen LogP contribution < -0.4 is 0 Å². The second kappa shape index (κ2) is 8.32. The fourth-order valence-electron chi connectivity index (χ4n) is 2.68. The zero-order chi connectivity index (χ0) is 15.9. The van der Waals surface area contributed by atoms with Gasteiger partial charge in [-0.1, -0.05) is 35.0 Å². The average Bonchev–Trinajstić information content (AvgIpc) is 2.76. The van der Waals surface area contributed by atoms with E-state index < -0.39 is 0 Å². The highest BCUT2D eigenvalue weighted by Crippen LogP contribution is 2.13. The van der Waals surface area contributed by atoms with Crippen molar-refractivity contribution in [3.05, 3.63) is 34.3 Å². The molecule has 0 aromatic heterocycles. The molecule has 0 saturated carbocycles. The van der Waals surface area contributed by atoms with Crippen molar-refractivity contribution in [1.29, 1.82) is 0 Å². The van der Waals surface area contributed by atoms with E-state index in [1.807, 2.05) is 41.0 Å². The predicted octanol–water partition coefficient (Wildman–Crippen LogP) is 2.85. The van der Waals surface area contributed by atoms with E-state index in [2.05, 4.69) is 15.9 Å². The average molecular weight is 367 g/mol. The van der Waals surface area contributed by atoms with E-state index >= 15 is 0 Å². The number of hydrogen-bond acceptors (Lipinski definition) is 2. The van der Waals surface area contributed by atoms with Gasteiger partial charge in [-0.2, -0.15) is 0 Å². The molecule has 0 unspecified atom stereocenters. The summed E-state index contributed by atoms with van der Waals surface area (Å²) >= 11 is 3.40. The van der Waals surface area contributed by atoms with Gasteiger partial charge in [0.1, 0.15) is 0 Å². The Morgan fingerprint density at radius 1 is 1.00 bits per heavy atom. The lowest BCUT2D eigenvalue weighted by Gasteiger charge is -2.22. The van der Waals surface area contributed by atoms with Crippen LogP contribution in [0.4, 0.5) is 0 Å². The zero-order valence-corrected chi connectivity index (χ0v) is 14.6. The maximum absolute atomic E-state index is 12.4. The molecule has 0 bridgehead atoms. The van der Waals surface area contributed by atoms with E-state index in [4.69, 9.17) is 0 Å². The second-order valence-corrected chi connectivity index (χ2v) is 6.58. The molecule has 5 heteroatoms. The number of nitrogens with zero attached hydrogens (tertiary/aromatic N) is 2. The lowest BCUT2D eigenvalue weighted by molar-refractivity contribution is -0.133. The van der Waals surface area contributed by atoms with Crippen LogP contribution in [0.25, 0.3) is 0 Å². The summed E-state index contributed by atoms with van der Waals surface area (Å²) in [4.78, 5) is 28.2. The molecule has 2 rings (SSSR count). The molecule has 1 aromatic rings. The molecule has 0 atom stereocenters. The summed E-state index contributed by atoms with van der Waals surface area (Å²) in [6.45, 7) is 4.83. The van der Waals surface area contributed by atoms with E-state index in [9.17, 15) is 9.59 Å². The molecule has 0 spiro atoms. The third kappa shape index (κ3) is 4.83. The molecule has 4 nitrogen and oxygen atoms in total. The van der Waals surface area contributed by atoms with Crippen molar-refractivity contribution in [1.82, 2.24) is 9.80 Å². The maximum Gasteiger partial charge on any atom is 0.227 e. The van der Waals surface area contributed by atoms with Gasteiger partial charge in [0.15, 0.2) is 0 Å². The lowest BCUT2D eigenvalue weighted by atomic mass is 10.1. The van der Waals surface area contributed by atoms with Crippen LogP contribution >= 0.6 is 15.9 Å². The largest absolute Gasteiger partial charge is 0.341 e. The van der Waals surface area contributed by atoms with Crippen LogP contribution in [0.3, 0.4) is 0 Å². The number of benzene rings is 1. The molecular formula is C17H23BrN2O2. The monoisotopic (exact) mass is 366 g/mol. The molecule has 1 aromatic carbocycles. The van der Waals surface area contributed by atoms with E-state index in [1.165, 1.54) is 0 Å². The van der Waals surface area contributed by atoms with Gasteiger partial charge in [-0.05, 0) is 30.5 Å². The van der Waals surface area contributed by atoms with Gasteiger partial charge in [-0.3, -0.25) is 9.59 Å². The van der Waals surface area contributed by atoms with Crippen LogP contribution in [0.5, 0.6) is 0 Å². The highest BCUT2D eigenvalue weighted by atomic mass is 79.9. The number of amides is 2. The molecule has 22 heavy (non-hydrogen) atoms. The number of rotatable bonds is 4. The molecule has 0 N–H and O–H groups in total. The Labute approximate surface area is 140 Å². The smallest absolute Gasteiger partial charge is 0.227 e. The first kappa shape index (κ1) is 17.0. The normalized spacial score (nSPS) is 15.5. The molecule has 0 radical (unpaired) electrons. The molecule has 120 valence electrons. The van der Waals surface area contributed by atoms with Gasteiger partial charge in [0.25, 0.3) is 0 Å². The second-order valence-electron chi connectivity index (χ2n) is 5.67. The number of carbonyl (C=O) groups is 2. The predicted molar refractivity (Wildman–Crippen MR) is 90.5 cm³/mol. The Morgan fingerprint density at radius 2 is 1.59 bits per heavy atom. The quantitative estimate of drug-likeness (QED) is 0.821. The topological polar surface area (TPSA) is 40.6 Å². The van der Waals surface area contributed by atoms with Gasteiger partial charge >= 0.3 is 0 Å². The van der Waals surface area contributed by atoms with Crippen molar-refractivity contribution < 1.29 is 9.59 Å². The van der Waals surface area contributed by atoms with Crippen LogP contribution in [-0.2, 0) is 16.0 Å². The molecule has 1 aliphatic rings. The first-order valence-corrected chi connectivity index (χ1v) is 8.69. The first-order chi connectivity index (χ1) is 10.6. The third-order valence-corrected chi connectivity index (χ3v) is 4.46. The van der Waals surface area contributed by atoms with Gasteiger partial charge in [-0.25, -0.2) is 0 Å². The summed E-state index contributed by atoms with van der Waals surface area (Å²) < 4.78 is 1.02. The number of hydrogen-bond donors (Lipinski definition) is 0. The van der Waals surface area contributed by atoms with Gasteiger partial charge in [0.2, 0.25) is 11.8 Å². The Balaban J connectivity index is 1.88. The molecular weight excluding hydrogens is 344 g/mol. The Bertz CT molecular complexity index is 516. The lowest BCUT2D eigenvalue weighted by Crippen LogP contribution is -2.37. The number of halogens is 1. The summed E-state index contributed by atoms with van der Waals surface area (Å²) in [5.41, 5.74) is 1.02. The van der Waals surface area contributed by atoms with Gasteiger partial charge in [0, 0.05) is 37.1 Å². The van der Waals surface area contributed by atoms with Crippen LogP contribution in [-0.4, -0.2) is 47.8 Å². The van der Waals surface area contributed by atoms with E-state index in [0.29, 0.717) is 25.9 Å². The third-order valence-electron chi connectivity index (χ3n) is 3.93. The molecule has 1 heterocycles. The Hall–Kier alpha value is -1.36. The molecule has 1 aliphatic heterocycles. The summed E-state index contributed by atoms with van der Waals surface area (Å²) in [5, 5.41) is 0. The van der Waals surface area contributed by atoms with Crippen LogP contribution in [0, 0.1) is 0 Å². The van der Waals surface area contributed by atoms with E-state index in [-0.39, 0.29) is 11.8 Å². The Kier molecular flexibility index (Phi) is 6.43. The minimum absolute atomic E-state index is 0.145. The van der Waals surface area contributed by atoms with Crippen molar-refractivity contribution in [3.8, 4) is 0 Å². The minimum atomic E-state index is 0.145. The van der Waals surface area contributed by atoms with Crippen LogP contribution in [0.15, 0.2) is 28.7 Å². The molecule has 2 amide bonds. The first-order valence-electron chi connectivity index (χ1n) is 7.90. The fraction of sp³-hybridized carbons (Fsp3) is 0.529. The minimum Gasteiger partial charge on any atom is -0.341 e. The van der Waals surface area contributed by atoms with Gasteiger partial charge < -0.3 is 9.80 Å². The molecule has 0 aliphatic carbocycles. The number of carbonyl (C=O) groups excluding carboxylic acids is 2. The van der Waals surface area contributed by atoms with Crippen LogP contribution in [0.2, 0.25) is 0 Å². The van der Waals surface area contributed by atoms with Crippen LogP contribution in [0.1, 0.15) is 31.7 Å². The molecule has 1 saturated heterocycles. The zero-order valence-electron chi connectivity index (χ0n) is 13.1. The van der Waals surface area contributed by atoms with Crippen molar-refractivity contribution >= 4 is 27.7 Å². The van der Waals surface area contributed by atoms with E-state index in [0.717, 1.165) is 36.0 Å².